The molecule has 1 aromatic heterocycles. The number of hydrogen-bond donors (Lipinski definition) is 1. The third-order valence-electron chi connectivity index (χ3n) is 4.58. The molecule has 1 fully saturated rings. The number of carbonyl (C=O) groups excluding carboxylic acids is 1. The van der Waals surface area contributed by atoms with Crippen LogP contribution in [0, 0.1) is 11.8 Å². The molecule has 2 heterocycles. The molecule has 1 aliphatic rings. The van der Waals surface area contributed by atoms with Crippen molar-refractivity contribution in [1.29, 1.82) is 0 Å². The molecule has 0 aliphatic carbocycles. The van der Waals surface area contributed by atoms with Crippen LogP contribution in [0.25, 0.3) is 0 Å². The van der Waals surface area contributed by atoms with Gasteiger partial charge in [0.2, 0.25) is 10.0 Å². The number of hydrogen-bond acceptors (Lipinski definition) is 4. The molecule has 0 bridgehead atoms. The number of nitrogens with zero attached hydrogens (tertiary/aromatic N) is 1. The first-order chi connectivity index (χ1) is 12.3. The Hall–Kier alpha value is -1.70. The summed E-state index contributed by atoms with van der Waals surface area (Å²) >= 11 is 1.50. The van der Waals surface area contributed by atoms with Gasteiger partial charge in [-0.3, -0.25) is 4.79 Å². The van der Waals surface area contributed by atoms with Crippen molar-refractivity contribution >= 4 is 27.3 Å². The SMILES string of the molecule is CC1CC(C)CN(C(=O)c2ccc(S(=O)(=O)NCc3cccs3)cc2)C1. The third-order valence-corrected chi connectivity index (χ3v) is 6.88. The van der Waals surface area contributed by atoms with Crippen molar-refractivity contribution in [2.45, 2.75) is 31.7 Å². The zero-order valence-corrected chi connectivity index (χ0v) is 16.6. The van der Waals surface area contributed by atoms with Crippen LogP contribution in [0.4, 0.5) is 0 Å². The Morgan fingerprint density at radius 2 is 1.81 bits per heavy atom. The van der Waals surface area contributed by atoms with Gasteiger partial charge in [0, 0.05) is 30.1 Å². The molecule has 2 aromatic rings. The monoisotopic (exact) mass is 392 g/mol. The van der Waals surface area contributed by atoms with Crippen molar-refractivity contribution in [3.63, 3.8) is 0 Å². The predicted molar refractivity (Wildman–Crippen MR) is 104 cm³/mol. The Labute approximate surface area is 159 Å². The fourth-order valence-electron chi connectivity index (χ4n) is 3.45. The number of rotatable bonds is 5. The molecule has 3 rings (SSSR count). The van der Waals surface area contributed by atoms with Crippen LogP contribution in [-0.2, 0) is 16.6 Å². The highest BCUT2D eigenvalue weighted by Gasteiger charge is 2.26. The summed E-state index contributed by atoms with van der Waals surface area (Å²) in [5, 5.41) is 1.91. The average Bonchev–Trinajstić information content (AvgIpc) is 3.12. The second-order valence-electron chi connectivity index (χ2n) is 7.08. The summed E-state index contributed by atoms with van der Waals surface area (Å²) < 4.78 is 27.4. The van der Waals surface area contributed by atoms with Gasteiger partial charge >= 0.3 is 0 Å². The lowest BCUT2D eigenvalue weighted by molar-refractivity contribution is 0.0623. The molecule has 0 radical (unpaired) electrons. The maximum atomic E-state index is 12.7. The summed E-state index contributed by atoms with van der Waals surface area (Å²) in [7, 11) is -3.59. The second-order valence-corrected chi connectivity index (χ2v) is 9.88. The van der Waals surface area contributed by atoms with E-state index in [9.17, 15) is 13.2 Å². The lowest BCUT2D eigenvalue weighted by Crippen LogP contribution is -2.42. The molecule has 1 amide bonds. The maximum absolute atomic E-state index is 12.7. The fourth-order valence-corrected chi connectivity index (χ4v) is 5.19. The normalized spacial score (nSPS) is 20.9. The zero-order chi connectivity index (χ0) is 18.7. The zero-order valence-electron chi connectivity index (χ0n) is 15.0. The van der Waals surface area contributed by atoms with Crippen LogP contribution in [0.3, 0.4) is 0 Å². The molecule has 26 heavy (non-hydrogen) atoms. The summed E-state index contributed by atoms with van der Waals surface area (Å²) in [6.07, 6.45) is 1.14. The molecule has 1 aromatic carbocycles. The lowest BCUT2D eigenvalue weighted by Gasteiger charge is -2.35. The quantitative estimate of drug-likeness (QED) is 0.849. The van der Waals surface area contributed by atoms with E-state index in [0.717, 1.165) is 24.4 Å². The van der Waals surface area contributed by atoms with Crippen LogP contribution in [0.15, 0.2) is 46.7 Å². The Bertz CT molecular complexity index is 835. The summed E-state index contributed by atoms with van der Waals surface area (Å²) in [5.74, 6) is 0.950. The fraction of sp³-hybridized carbons (Fsp3) is 0.421. The Balaban J connectivity index is 1.68. The summed E-state index contributed by atoms with van der Waals surface area (Å²) in [6.45, 7) is 6.09. The first-order valence-corrected chi connectivity index (χ1v) is 11.1. The number of benzene rings is 1. The van der Waals surface area contributed by atoms with Crippen molar-refractivity contribution in [3.05, 3.63) is 52.2 Å². The number of thiophene rings is 1. The molecule has 7 heteroatoms. The van der Waals surface area contributed by atoms with Crippen molar-refractivity contribution in [2.24, 2.45) is 11.8 Å². The predicted octanol–water partition coefficient (Wildman–Crippen LogP) is 3.34. The molecule has 140 valence electrons. The van der Waals surface area contributed by atoms with Gasteiger partial charge in [0.25, 0.3) is 5.91 Å². The van der Waals surface area contributed by atoms with Gasteiger partial charge in [0.05, 0.1) is 4.90 Å². The van der Waals surface area contributed by atoms with E-state index in [1.54, 1.807) is 12.1 Å². The van der Waals surface area contributed by atoms with Crippen molar-refractivity contribution in [3.8, 4) is 0 Å². The second kappa shape index (κ2) is 7.90. The molecule has 0 spiro atoms. The number of carbonyl (C=O) groups is 1. The van der Waals surface area contributed by atoms with Gasteiger partial charge < -0.3 is 4.90 Å². The van der Waals surface area contributed by atoms with Gasteiger partial charge in [0.15, 0.2) is 0 Å². The van der Waals surface area contributed by atoms with E-state index in [2.05, 4.69) is 18.6 Å². The van der Waals surface area contributed by atoms with Crippen LogP contribution < -0.4 is 4.72 Å². The standard InChI is InChI=1S/C19H24N2O3S2/c1-14-10-15(2)13-21(12-14)19(22)16-5-7-18(8-6-16)26(23,24)20-11-17-4-3-9-25-17/h3-9,14-15,20H,10-13H2,1-2H3. The summed E-state index contributed by atoms with van der Waals surface area (Å²) in [5.41, 5.74) is 0.531. The molecule has 2 atom stereocenters. The Kier molecular flexibility index (Phi) is 5.79. The van der Waals surface area contributed by atoms with Crippen LogP contribution in [-0.4, -0.2) is 32.3 Å². The minimum Gasteiger partial charge on any atom is -0.338 e. The van der Waals surface area contributed by atoms with E-state index >= 15 is 0 Å². The Morgan fingerprint density at radius 3 is 2.38 bits per heavy atom. The van der Waals surface area contributed by atoms with Crippen molar-refractivity contribution < 1.29 is 13.2 Å². The molecular formula is C19H24N2O3S2. The average molecular weight is 393 g/mol. The molecule has 1 aliphatic heterocycles. The maximum Gasteiger partial charge on any atom is 0.253 e. The van der Waals surface area contributed by atoms with Gasteiger partial charge in [-0.2, -0.15) is 0 Å². The number of amides is 1. The number of sulfonamides is 1. The molecular weight excluding hydrogens is 368 g/mol. The molecule has 0 saturated carbocycles. The van der Waals surface area contributed by atoms with E-state index < -0.39 is 10.0 Å². The largest absolute Gasteiger partial charge is 0.338 e. The van der Waals surface area contributed by atoms with Crippen molar-refractivity contribution in [2.75, 3.05) is 13.1 Å². The Morgan fingerprint density at radius 1 is 1.15 bits per heavy atom. The van der Waals surface area contributed by atoms with Gasteiger partial charge in [-0.25, -0.2) is 13.1 Å². The number of nitrogens with one attached hydrogen (secondary N) is 1. The highest BCUT2D eigenvalue weighted by molar-refractivity contribution is 7.89. The van der Waals surface area contributed by atoms with E-state index in [1.807, 2.05) is 22.4 Å². The lowest BCUT2D eigenvalue weighted by atomic mass is 9.91. The smallest absolute Gasteiger partial charge is 0.253 e. The van der Waals surface area contributed by atoms with E-state index in [-0.39, 0.29) is 17.3 Å². The third kappa shape index (κ3) is 4.52. The highest BCUT2D eigenvalue weighted by Crippen LogP contribution is 2.23. The van der Waals surface area contributed by atoms with Crippen LogP contribution in [0.1, 0.15) is 35.5 Å². The minimum absolute atomic E-state index is 0.0288. The molecule has 2 unspecified atom stereocenters. The van der Waals surface area contributed by atoms with E-state index in [0.29, 0.717) is 17.4 Å². The summed E-state index contributed by atoms with van der Waals surface area (Å²) in [4.78, 5) is 15.7. The van der Waals surface area contributed by atoms with E-state index in [4.69, 9.17) is 0 Å². The molecule has 5 nitrogen and oxygen atoms in total. The number of piperidine rings is 1. The molecule has 1 N–H and O–H groups in total. The highest BCUT2D eigenvalue weighted by atomic mass is 32.2. The van der Waals surface area contributed by atoms with E-state index in [1.165, 1.54) is 23.5 Å². The van der Waals surface area contributed by atoms with Crippen LogP contribution >= 0.6 is 11.3 Å². The van der Waals surface area contributed by atoms with Gasteiger partial charge in [-0.15, -0.1) is 11.3 Å². The van der Waals surface area contributed by atoms with Crippen molar-refractivity contribution in [1.82, 2.24) is 9.62 Å². The molecule has 1 saturated heterocycles. The number of likely N-dealkylation sites (tertiary alicyclic amines) is 1. The summed E-state index contributed by atoms with van der Waals surface area (Å²) in [6, 6.07) is 9.98. The minimum atomic E-state index is -3.59. The van der Waals surface area contributed by atoms with Gasteiger partial charge in [-0.05, 0) is 54.0 Å². The van der Waals surface area contributed by atoms with Gasteiger partial charge in [-0.1, -0.05) is 19.9 Å². The topological polar surface area (TPSA) is 66.5 Å². The first kappa shape index (κ1) is 19.1. The van der Waals surface area contributed by atoms with Crippen LogP contribution in [0.5, 0.6) is 0 Å². The van der Waals surface area contributed by atoms with Crippen LogP contribution in [0.2, 0.25) is 0 Å². The van der Waals surface area contributed by atoms with Gasteiger partial charge in [0.1, 0.15) is 0 Å². The first-order valence-electron chi connectivity index (χ1n) is 8.76.